The summed E-state index contributed by atoms with van der Waals surface area (Å²) in [5, 5.41) is 13.6. The first-order chi connectivity index (χ1) is 12.9. The highest BCUT2D eigenvalue weighted by Crippen LogP contribution is 2.29. The molecule has 2 rings (SSSR count). The molecule has 1 aromatic rings. The third kappa shape index (κ3) is 5.92. The molecule has 0 saturated carbocycles. The number of esters is 1. The quantitative estimate of drug-likeness (QED) is 0.419. The molecule has 1 heterocycles. The highest BCUT2D eigenvalue weighted by atomic mass is 16.6. The Kier molecular flexibility index (Phi) is 7.54. The summed E-state index contributed by atoms with van der Waals surface area (Å²) in [5.41, 5.74) is 0.138. The van der Waals surface area contributed by atoms with Crippen LogP contribution in [0.1, 0.15) is 26.2 Å². The number of hydrogen-bond acceptors (Lipinski definition) is 7. The van der Waals surface area contributed by atoms with Gasteiger partial charge in [0.15, 0.2) is 0 Å². The third-order valence-corrected chi connectivity index (χ3v) is 4.45. The highest BCUT2D eigenvalue weighted by molar-refractivity contribution is 5.92. The maximum Gasteiger partial charge on any atom is 0.310 e. The minimum absolute atomic E-state index is 0.126. The molecule has 1 aromatic carbocycles. The fraction of sp³-hybridized carbons (Fsp3) is 0.556. The van der Waals surface area contributed by atoms with Gasteiger partial charge < -0.3 is 19.7 Å². The second-order valence-electron chi connectivity index (χ2n) is 6.33. The number of non-ortho nitro benzene ring substituents is 1. The molecule has 0 spiro atoms. The number of benzene rings is 1. The second-order valence-corrected chi connectivity index (χ2v) is 6.33. The maximum atomic E-state index is 12.3. The Balaban J connectivity index is 1.90. The monoisotopic (exact) mass is 379 g/mol. The van der Waals surface area contributed by atoms with Gasteiger partial charge in [-0.3, -0.25) is 19.7 Å². The predicted molar refractivity (Wildman–Crippen MR) is 98.7 cm³/mol. The first-order valence-corrected chi connectivity index (χ1v) is 8.95. The molecular formula is C18H25N3O6. The van der Waals surface area contributed by atoms with Crippen LogP contribution in [0.2, 0.25) is 0 Å². The van der Waals surface area contributed by atoms with Gasteiger partial charge in [0.05, 0.1) is 30.2 Å². The first kappa shape index (κ1) is 20.6. The first-order valence-electron chi connectivity index (χ1n) is 8.95. The molecule has 9 heteroatoms. The van der Waals surface area contributed by atoms with Crippen molar-refractivity contribution in [1.82, 2.24) is 4.90 Å². The second kappa shape index (κ2) is 9.86. The summed E-state index contributed by atoms with van der Waals surface area (Å²) in [6.45, 7) is 4.04. The fourth-order valence-corrected chi connectivity index (χ4v) is 3.09. The molecule has 0 radical (unpaired) electrons. The van der Waals surface area contributed by atoms with Gasteiger partial charge in [0, 0.05) is 31.6 Å². The van der Waals surface area contributed by atoms with Crippen molar-refractivity contribution in [2.24, 2.45) is 5.92 Å². The topological polar surface area (TPSA) is 111 Å². The molecule has 0 aromatic heterocycles. The molecule has 0 bridgehead atoms. The van der Waals surface area contributed by atoms with E-state index in [0.29, 0.717) is 25.4 Å². The van der Waals surface area contributed by atoms with Crippen LogP contribution in [0, 0.1) is 16.0 Å². The number of amides is 1. The minimum Gasteiger partial charge on any atom is -0.495 e. The maximum absolute atomic E-state index is 12.3. The Hall–Kier alpha value is -2.68. The number of nitro groups is 1. The molecule has 1 aliphatic rings. The summed E-state index contributed by atoms with van der Waals surface area (Å²) in [6.07, 6.45) is 1.89. The van der Waals surface area contributed by atoms with Gasteiger partial charge >= 0.3 is 5.97 Å². The van der Waals surface area contributed by atoms with E-state index >= 15 is 0 Å². The largest absolute Gasteiger partial charge is 0.495 e. The number of piperidine rings is 1. The van der Waals surface area contributed by atoms with Gasteiger partial charge in [0.1, 0.15) is 5.75 Å². The van der Waals surface area contributed by atoms with Crippen molar-refractivity contribution in [3.05, 3.63) is 28.3 Å². The van der Waals surface area contributed by atoms with Crippen LogP contribution in [-0.4, -0.2) is 55.1 Å². The summed E-state index contributed by atoms with van der Waals surface area (Å²) in [4.78, 5) is 36.6. The van der Waals surface area contributed by atoms with Gasteiger partial charge in [-0.2, -0.15) is 0 Å². The van der Waals surface area contributed by atoms with Crippen molar-refractivity contribution in [2.75, 3.05) is 38.7 Å². The van der Waals surface area contributed by atoms with Crippen LogP contribution in [-0.2, 0) is 14.3 Å². The zero-order valence-electron chi connectivity index (χ0n) is 15.6. The molecule has 1 fully saturated rings. The van der Waals surface area contributed by atoms with Crippen LogP contribution >= 0.6 is 0 Å². The van der Waals surface area contributed by atoms with E-state index in [1.165, 1.54) is 25.3 Å². The van der Waals surface area contributed by atoms with Crippen molar-refractivity contribution < 1.29 is 24.0 Å². The van der Waals surface area contributed by atoms with E-state index in [1.54, 1.807) is 6.92 Å². The summed E-state index contributed by atoms with van der Waals surface area (Å²) in [6, 6.07) is 4.04. The van der Waals surface area contributed by atoms with Crippen LogP contribution in [0.5, 0.6) is 5.75 Å². The molecule has 27 heavy (non-hydrogen) atoms. The van der Waals surface area contributed by atoms with Gasteiger partial charge in [-0.1, -0.05) is 0 Å². The van der Waals surface area contributed by atoms with E-state index in [0.717, 1.165) is 19.4 Å². The van der Waals surface area contributed by atoms with Crippen molar-refractivity contribution in [1.29, 1.82) is 0 Å². The lowest BCUT2D eigenvalue weighted by Crippen LogP contribution is -2.40. The summed E-state index contributed by atoms with van der Waals surface area (Å²) in [7, 11) is 1.43. The van der Waals surface area contributed by atoms with E-state index in [9.17, 15) is 19.7 Å². The standard InChI is InChI=1S/C18H25N3O6/c1-3-27-18(23)13-5-4-9-20(12-13)10-8-17(22)19-15-11-14(21(24)25)6-7-16(15)26-2/h6-7,11,13H,3-5,8-10,12H2,1-2H3,(H,19,22)/t13-/m1/s1. The number of methoxy groups -OCH3 is 1. The minimum atomic E-state index is -0.529. The number of likely N-dealkylation sites (tertiary alicyclic amines) is 1. The van der Waals surface area contributed by atoms with Gasteiger partial charge in [-0.25, -0.2) is 0 Å². The number of anilines is 1. The lowest BCUT2D eigenvalue weighted by molar-refractivity contribution is -0.384. The highest BCUT2D eigenvalue weighted by Gasteiger charge is 2.27. The smallest absolute Gasteiger partial charge is 0.310 e. The zero-order chi connectivity index (χ0) is 19.8. The van der Waals surface area contributed by atoms with Crippen LogP contribution in [0.3, 0.4) is 0 Å². The van der Waals surface area contributed by atoms with Crippen molar-refractivity contribution in [2.45, 2.75) is 26.2 Å². The zero-order valence-corrected chi connectivity index (χ0v) is 15.6. The molecule has 9 nitrogen and oxygen atoms in total. The number of carbonyl (C=O) groups excluding carboxylic acids is 2. The van der Waals surface area contributed by atoms with Crippen molar-refractivity contribution in [3.8, 4) is 5.75 Å². The molecule has 1 amide bonds. The van der Waals surface area contributed by atoms with E-state index in [4.69, 9.17) is 9.47 Å². The SMILES string of the molecule is CCOC(=O)[C@@H]1CCCN(CCC(=O)Nc2cc([N+](=O)[O-])ccc2OC)C1. The number of ether oxygens (including phenoxy) is 2. The van der Waals surface area contributed by atoms with E-state index in [1.807, 2.05) is 0 Å². The van der Waals surface area contributed by atoms with Crippen molar-refractivity contribution in [3.63, 3.8) is 0 Å². The van der Waals surface area contributed by atoms with Gasteiger partial charge in [-0.15, -0.1) is 0 Å². The number of nitrogens with zero attached hydrogens (tertiary/aromatic N) is 2. The number of rotatable bonds is 8. The lowest BCUT2D eigenvalue weighted by atomic mass is 9.98. The molecule has 148 valence electrons. The lowest BCUT2D eigenvalue weighted by Gasteiger charge is -2.31. The van der Waals surface area contributed by atoms with E-state index in [-0.39, 0.29) is 35.6 Å². The average Bonchev–Trinajstić information content (AvgIpc) is 2.66. The Bertz CT molecular complexity index is 694. The fourth-order valence-electron chi connectivity index (χ4n) is 3.09. The molecule has 0 aliphatic carbocycles. The Morgan fingerprint density at radius 1 is 1.41 bits per heavy atom. The van der Waals surface area contributed by atoms with E-state index < -0.39 is 4.92 Å². The normalized spacial score (nSPS) is 17.2. The number of nitrogens with one attached hydrogen (secondary N) is 1. The Labute approximate surface area is 157 Å². The predicted octanol–water partition coefficient (Wildman–Crippen LogP) is 2.21. The van der Waals surface area contributed by atoms with E-state index in [2.05, 4.69) is 10.2 Å². The molecule has 1 saturated heterocycles. The number of hydrogen-bond donors (Lipinski definition) is 1. The van der Waals surface area contributed by atoms with Crippen LogP contribution in [0.25, 0.3) is 0 Å². The Morgan fingerprint density at radius 2 is 2.19 bits per heavy atom. The summed E-state index contributed by atoms with van der Waals surface area (Å²) < 4.78 is 10.2. The molecule has 1 atom stereocenters. The van der Waals surface area contributed by atoms with Gasteiger partial charge in [0.25, 0.3) is 5.69 Å². The van der Waals surface area contributed by atoms with Gasteiger partial charge in [-0.05, 0) is 32.4 Å². The molecular weight excluding hydrogens is 354 g/mol. The number of carbonyl (C=O) groups is 2. The summed E-state index contributed by atoms with van der Waals surface area (Å²) in [5.74, 6) is -0.257. The van der Waals surface area contributed by atoms with Crippen LogP contribution in [0.4, 0.5) is 11.4 Å². The van der Waals surface area contributed by atoms with Crippen molar-refractivity contribution >= 4 is 23.3 Å². The Morgan fingerprint density at radius 3 is 2.85 bits per heavy atom. The van der Waals surface area contributed by atoms with Gasteiger partial charge in [0.2, 0.25) is 5.91 Å². The third-order valence-electron chi connectivity index (χ3n) is 4.45. The van der Waals surface area contributed by atoms with Crippen LogP contribution in [0.15, 0.2) is 18.2 Å². The molecule has 0 unspecified atom stereocenters. The molecule has 1 aliphatic heterocycles. The molecule has 1 N–H and O–H groups in total. The summed E-state index contributed by atoms with van der Waals surface area (Å²) >= 11 is 0. The average molecular weight is 379 g/mol. The number of nitro benzene ring substituents is 1. The van der Waals surface area contributed by atoms with Crippen LogP contribution < -0.4 is 10.1 Å².